The van der Waals surface area contributed by atoms with Crippen LogP contribution >= 0.6 is 0 Å². The number of hydrogen-bond donors (Lipinski definition) is 1. The van der Waals surface area contributed by atoms with E-state index in [1.54, 1.807) is 4.90 Å². The Labute approximate surface area is 181 Å². The van der Waals surface area contributed by atoms with E-state index < -0.39 is 15.1 Å². The van der Waals surface area contributed by atoms with Gasteiger partial charge in [-0.25, -0.2) is 8.42 Å². The lowest BCUT2D eigenvalue weighted by atomic mass is 9.92. The summed E-state index contributed by atoms with van der Waals surface area (Å²) in [7, 11) is -3.61. The number of anilines is 1. The summed E-state index contributed by atoms with van der Waals surface area (Å²) in [6.07, 6.45) is 1.35. The third-order valence-electron chi connectivity index (χ3n) is 5.84. The molecule has 6 nitrogen and oxygen atoms in total. The minimum absolute atomic E-state index is 0.102. The molecule has 1 heterocycles. The zero-order chi connectivity index (χ0) is 22.6. The Morgan fingerprint density at radius 2 is 1.63 bits per heavy atom. The minimum atomic E-state index is -3.61. The number of hydrogen-bond acceptors (Lipinski definition) is 4. The predicted octanol–water partition coefficient (Wildman–Crippen LogP) is 3.64. The van der Waals surface area contributed by atoms with Crippen molar-refractivity contribution in [2.45, 2.75) is 66.1 Å². The van der Waals surface area contributed by atoms with Crippen molar-refractivity contribution >= 4 is 27.3 Å². The van der Waals surface area contributed by atoms with Crippen LogP contribution in [0.5, 0.6) is 0 Å². The highest BCUT2D eigenvalue weighted by Crippen LogP contribution is 2.24. The molecule has 1 aliphatic heterocycles. The third-order valence-corrected chi connectivity index (χ3v) is 7.98. The molecule has 30 heavy (non-hydrogen) atoms. The molecule has 2 rings (SSSR count). The molecule has 168 valence electrons. The SMILES string of the molecule is Cc1cc(C)c(NC(=O)CCCS(=O)(=O)[C@H](C)C(=O)N2C[C@H](C)C[C@H](C)C2)c(C)c1. The van der Waals surface area contributed by atoms with Crippen molar-refractivity contribution < 1.29 is 18.0 Å². The van der Waals surface area contributed by atoms with Gasteiger partial charge in [0.2, 0.25) is 11.8 Å². The molecule has 2 amide bonds. The monoisotopic (exact) mass is 436 g/mol. The van der Waals surface area contributed by atoms with Crippen LogP contribution in [0.15, 0.2) is 12.1 Å². The maximum absolute atomic E-state index is 12.7. The summed E-state index contributed by atoms with van der Waals surface area (Å²) < 4.78 is 25.4. The number of aryl methyl sites for hydroxylation is 3. The maximum Gasteiger partial charge on any atom is 0.240 e. The number of nitrogens with one attached hydrogen (secondary N) is 1. The number of piperidine rings is 1. The fraction of sp³-hybridized carbons (Fsp3) is 0.652. The quantitative estimate of drug-likeness (QED) is 0.707. The van der Waals surface area contributed by atoms with E-state index in [2.05, 4.69) is 19.2 Å². The van der Waals surface area contributed by atoms with E-state index in [0.29, 0.717) is 24.9 Å². The van der Waals surface area contributed by atoms with E-state index >= 15 is 0 Å². The molecule has 1 saturated heterocycles. The standard InChI is InChI=1S/C23H36N2O4S/c1-15-11-18(4)22(19(5)12-15)24-21(26)8-7-9-30(28,29)20(6)23(27)25-13-16(2)10-17(3)14-25/h11-12,16-17,20H,7-10,13-14H2,1-6H3,(H,24,26)/t16-,17+,20-/m1/s1. The van der Waals surface area contributed by atoms with Gasteiger partial charge in [-0.1, -0.05) is 31.5 Å². The number of carbonyl (C=O) groups excluding carboxylic acids is 2. The van der Waals surface area contributed by atoms with Gasteiger partial charge in [-0.15, -0.1) is 0 Å². The van der Waals surface area contributed by atoms with Gasteiger partial charge < -0.3 is 10.2 Å². The summed E-state index contributed by atoms with van der Waals surface area (Å²) in [5, 5.41) is 1.83. The lowest BCUT2D eigenvalue weighted by molar-refractivity contribution is -0.133. The molecule has 0 aromatic heterocycles. The van der Waals surface area contributed by atoms with E-state index in [9.17, 15) is 18.0 Å². The second kappa shape index (κ2) is 9.94. The summed E-state index contributed by atoms with van der Waals surface area (Å²) in [6, 6.07) is 4.01. The Morgan fingerprint density at radius 3 is 2.17 bits per heavy atom. The predicted molar refractivity (Wildman–Crippen MR) is 121 cm³/mol. The van der Waals surface area contributed by atoms with Crippen LogP contribution in [0.1, 0.15) is 56.7 Å². The lowest BCUT2D eigenvalue weighted by Gasteiger charge is -2.36. The molecule has 0 aliphatic carbocycles. The second-order valence-electron chi connectivity index (χ2n) is 9.12. The highest BCUT2D eigenvalue weighted by molar-refractivity contribution is 7.92. The summed E-state index contributed by atoms with van der Waals surface area (Å²) in [5.41, 5.74) is 3.88. The zero-order valence-corrected chi connectivity index (χ0v) is 19.9. The molecule has 0 saturated carbocycles. The molecule has 0 bridgehead atoms. The smallest absolute Gasteiger partial charge is 0.240 e. The molecule has 3 atom stereocenters. The lowest BCUT2D eigenvalue weighted by Crippen LogP contribution is -2.48. The first-order valence-electron chi connectivity index (χ1n) is 10.8. The van der Waals surface area contributed by atoms with Gasteiger partial charge in [-0.2, -0.15) is 0 Å². The van der Waals surface area contributed by atoms with Crippen LogP contribution in [0, 0.1) is 32.6 Å². The molecule has 1 N–H and O–H groups in total. The summed E-state index contributed by atoms with van der Waals surface area (Å²) in [5.74, 6) is 0.0645. The molecule has 1 fully saturated rings. The largest absolute Gasteiger partial charge is 0.341 e. The Kier molecular flexibility index (Phi) is 8.08. The van der Waals surface area contributed by atoms with Crippen molar-refractivity contribution in [2.24, 2.45) is 11.8 Å². The molecular formula is C23H36N2O4S. The van der Waals surface area contributed by atoms with Crippen molar-refractivity contribution in [3.63, 3.8) is 0 Å². The molecule has 0 spiro atoms. The van der Waals surface area contributed by atoms with Crippen molar-refractivity contribution in [3.8, 4) is 0 Å². The van der Waals surface area contributed by atoms with Gasteiger partial charge in [0, 0.05) is 25.2 Å². The van der Waals surface area contributed by atoms with E-state index in [0.717, 1.165) is 28.8 Å². The number of amides is 2. The molecule has 1 aromatic rings. The van der Waals surface area contributed by atoms with E-state index in [-0.39, 0.29) is 30.4 Å². The minimum Gasteiger partial charge on any atom is -0.341 e. The van der Waals surface area contributed by atoms with Crippen LogP contribution in [-0.4, -0.2) is 49.2 Å². The highest BCUT2D eigenvalue weighted by atomic mass is 32.2. The first kappa shape index (κ1) is 24.4. The van der Waals surface area contributed by atoms with Gasteiger partial charge in [0.15, 0.2) is 9.84 Å². The normalized spacial score (nSPS) is 20.7. The van der Waals surface area contributed by atoms with Gasteiger partial charge in [0.1, 0.15) is 5.25 Å². The van der Waals surface area contributed by atoms with E-state index in [4.69, 9.17) is 0 Å². The fourth-order valence-electron chi connectivity index (χ4n) is 4.44. The van der Waals surface area contributed by atoms with Gasteiger partial charge in [0.05, 0.1) is 5.75 Å². The Morgan fingerprint density at radius 1 is 1.10 bits per heavy atom. The van der Waals surface area contributed by atoms with Crippen molar-refractivity contribution in [1.82, 2.24) is 4.90 Å². The number of nitrogens with zero attached hydrogens (tertiary/aromatic N) is 1. The van der Waals surface area contributed by atoms with Crippen LogP contribution in [0.4, 0.5) is 5.69 Å². The molecule has 0 radical (unpaired) electrons. The Hall–Kier alpha value is -1.89. The molecule has 1 aliphatic rings. The van der Waals surface area contributed by atoms with Crippen LogP contribution in [0.3, 0.4) is 0 Å². The first-order valence-corrected chi connectivity index (χ1v) is 12.5. The average Bonchev–Trinajstić information content (AvgIpc) is 2.62. The van der Waals surface area contributed by atoms with E-state index in [1.165, 1.54) is 6.92 Å². The molecule has 0 unspecified atom stereocenters. The number of benzene rings is 1. The van der Waals surface area contributed by atoms with Crippen molar-refractivity contribution in [2.75, 3.05) is 24.2 Å². The second-order valence-corrected chi connectivity index (χ2v) is 11.6. The number of likely N-dealkylation sites (tertiary alicyclic amines) is 1. The van der Waals surface area contributed by atoms with Gasteiger partial charge in [0.25, 0.3) is 0 Å². The van der Waals surface area contributed by atoms with Gasteiger partial charge in [-0.3, -0.25) is 9.59 Å². The van der Waals surface area contributed by atoms with Crippen LogP contribution < -0.4 is 5.32 Å². The van der Waals surface area contributed by atoms with Crippen molar-refractivity contribution in [1.29, 1.82) is 0 Å². The van der Waals surface area contributed by atoms with E-state index in [1.807, 2.05) is 32.9 Å². The molecule has 7 heteroatoms. The highest BCUT2D eigenvalue weighted by Gasteiger charge is 2.34. The Bertz CT molecular complexity index is 861. The number of carbonyl (C=O) groups is 2. The summed E-state index contributed by atoms with van der Waals surface area (Å²) in [4.78, 5) is 26.8. The van der Waals surface area contributed by atoms with Crippen molar-refractivity contribution in [3.05, 3.63) is 28.8 Å². The molecular weight excluding hydrogens is 400 g/mol. The van der Waals surface area contributed by atoms with Gasteiger partial charge >= 0.3 is 0 Å². The zero-order valence-electron chi connectivity index (χ0n) is 19.1. The topological polar surface area (TPSA) is 83.5 Å². The van der Waals surface area contributed by atoms with Crippen LogP contribution in [0.2, 0.25) is 0 Å². The van der Waals surface area contributed by atoms with Gasteiger partial charge in [-0.05, 0) is 63.5 Å². The first-order chi connectivity index (χ1) is 13.9. The molecule has 1 aromatic carbocycles. The summed E-state index contributed by atoms with van der Waals surface area (Å²) >= 11 is 0. The third kappa shape index (κ3) is 6.30. The number of rotatable bonds is 7. The fourth-order valence-corrected chi connectivity index (χ4v) is 5.80. The Balaban J connectivity index is 1.90. The average molecular weight is 437 g/mol. The number of sulfone groups is 1. The van der Waals surface area contributed by atoms with Crippen LogP contribution in [0.25, 0.3) is 0 Å². The maximum atomic E-state index is 12.7. The summed E-state index contributed by atoms with van der Waals surface area (Å²) in [6.45, 7) is 12.8. The van der Waals surface area contributed by atoms with Crippen LogP contribution in [-0.2, 0) is 19.4 Å².